The molecule has 282 valence electrons. The molecule has 0 N–H and O–H groups in total. The lowest BCUT2D eigenvalue weighted by Crippen LogP contribution is -2.11. The van der Waals surface area contributed by atoms with Gasteiger partial charge in [-0.2, -0.15) is 0 Å². The molecule has 0 unspecified atom stereocenters. The van der Waals surface area contributed by atoms with E-state index >= 15 is 0 Å². The molecular weight excluding hydrogens is 717 g/mol. The predicted octanol–water partition coefficient (Wildman–Crippen LogP) is 15.6. The number of nitrogens with zero attached hydrogens (tertiary/aromatic N) is 2. The minimum absolute atomic E-state index is 0.839. The second kappa shape index (κ2) is 15.4. The molecule has 10 rings (SSSR count). The number of rotatable bonds is 8. The first-order chi connectivity index (χ1) is 29.1. The van der Waals surface area contributed by atoms with Crippen LogP contribution in [0.1, 0.15) is 5.56 Å². The van der Waals surface area contributed by atoms with Crippen molar-refractivity contribution in [2.45, 2.75) is 6.92 Å². The summed E-state index contributed by atoms with van der Waals surface area (Å²) in [5, 5.41) is 0. The van der Waals surface area contributed by atoms with Gasteiger partial charge in [-0.25, -0.2) is 0 Å². The largest absolute Gasteiger partial charge is 0.497 e. The van der Waals surface area contributed by atoms with Crippen molar-refractivity contribution in [3.63, 3.8) is 0 Å². The molecule has 1 heterocycles. The Morgan fingerprint density at radius 3 is 1.32 bits per heavy atom. The van der Waals surface area contributed by atoms with E-state index in [1.807, 2.05) is 0 Å². The Bertz CT molecular complexity index is 2820. The van der Waals surface area contributed by atoms with E-state index in [4.69, 9.17) is 4.74 Å². The number of aryl methyl sites for hydroxylation is 1. The summed E-state index contributed by atoms with van der Waals surface area (Å²) >= 11 is 0. The predicted molar refractivity (Wildman–Crippen MR) is 248 cm³/mol. The van der Waals surface area contributed by atoms with Crippen LogP contribution in [0.4, 0.5) is 34.1 Å². The molecule has 1 aliphatic heterocycles. The molecule has 9 aromatic carbocycles. The smallest absolute Gasteiger partial charge is 0.121 e. The first kappa shape index (κ1) is 35.8. The van der Waals surface area contributed by atoms with Gasteiger partial charge < -0.3 is 14.5 Å². The van der Waals surface area contributed by atoms with Gasteiger partial charge in [0.2, 0.25) is 0 Å². The van der Waals surface area contributed by atoms with Crippen molar-refractivity contribution in [2.75, 3.05) is 16.9 Å². The summed E-state index contributed by atoms with van der Waals surface area (Å²) in [6.45, 7) is 2.12. The molecule has 3 nitrogen and oxygen atoms in total. The first-order valence-corrected chi connectivity index (χ1v) is 20.1. The van der Waals surface area contributed by atoms with Gasteiger partial charge in [0.05, 0.1) is 24.2 Å². The Labute approximate surface area is 346 Å². The summed E-state index contributed by atoms with van der Waals surface area (Å²) in [5.41, 5.74) is 19.6. The van der Waals surface area contributed by atoms with E-state index in [1.165, 1.54) is 44.5 Å². The van der Waals surface area contributed by atoms with E-state index < -0.39 is 0 Å². The standard InChI is InChI=1S/C56H42N2O/c1-39-35-49(38-50(36-39)59-2)58-55-20-12-11-19-53(55)51-17-9-10-18-52(51)54-37-45(27-34-56(54)58)44-25-32-48(33-26-44)57(46-28-21-42(22-29-46)40-13-5-3-6-14-40)47-30-23-43(24-31-47)41-15-7-4-8-16-41/h3-38H,1-2H3. The number of hydrogen-bond donors (Lipinski definition) is 0. The first-order valence-electron chi connectivity index (χ1n) is 20.1. The van der Waals surface area contributed by atoms with Gasteiger partial charge in [0.1, 0.15) is 5.75 Å². The number of para-hydroxylation sites is 1. The van der Waals surface area contributed by atoms with Crippen LogP contribution in [0.5, 0.6) is 5.75 Å². The van der Waals surface area contributed by atoms with Gasteiger partial charge >= 0.3 is 0 Å². The highest BCUT2D eigenvalue weighted by molar-refractivity contribution is 6.03. The highest BCUT2D eigenvalue weighted by Gasteiger charge is 2.27. The topological polar surface area (TPSA) is 15.7 Å². The van der Waals surface area contributed by atoms with E-state index in [0.29, 0.717) is 0 Å². The Kier molecular flexibility index (Phi) is 9.32. The number of fused-ring (bicyclic) bond motifs is 5. The third-order valence-electron chi connectivity index (χ3n) is 11.3. The summed E-state index contributed by atoms with van der Waals surface area (Å²) < 4.78 is 5.77. The van der Waals surface area contributed by atoms with Gasteiger partial charge in [0, 0.05) is 34.3 Å². The lowest BCUT2D eigenvalue weighted by atomic mass is 9.92. The third kappa shape index (κ3) is 6.83. The molecule has 0 radical (unpaired) electrons. The number of hydrogen-bond acceptors (Lipinski definition) is 3. The van der Waals surface area contributed by atoms with Gasteiger partial charge in [-0.3, -0.25) is 0 Å². The molecule has 0 fully saturated rings. The molecule has 59 heavy (non-hydrogen) atoms. The van der Waals surface area contributed by atoms with Crippen LogP contribution in [0.15, 0.2) is 218 Å². The maximum atomic E-state index is 5.77. The zero-order valence-electron chi connectivity index (χ0n) is 33.1. The van der Waals surface area contributed by atoms with Crippen molar-refractivity contribution in [3.8, 4) is 61.4 Å². The van der Waals surface area contributed by atoms with E-state index in [0.717, 1.165) is 56.6 Å². The minimum Gasteiger partial charge on any atom is -0.497 e. The highest BCUT2D eigenvalue weighted by atomic mass is 16.5. The van der Waals surface area contributed by atoms with Gasteiger partial charge in [-0.15, -0.1) is 0 Å². The Morgan fingerprint density at radius 2 is 0.780 bits per heavy atom. The van der Waals surface area contributed by atoms with E-state index in [9.17, 15) is 0 Å². The number of benzene rings is 9. The molecule has 0 spiro atoms. The molecule has 0 aliphatic carbocycles. The maximum absolute atomic E-state index is 5.77. The summed E-state index contributed by atoms with van der Waals surface area (Å²) in [6.07, 6.45) is 0. The summed E-state index contributed by atoms with van der Waals surface area (Å²) in [4.78, 5) is 4.73. The van der Waals surface area contributed by atoms with Crippen LogP contribution < -0.4 is 14.5 Å². The van der Waals surface area contributed by atoms with Crippen molar-refractivity contribution in [1.82, 2.24) is 0 Å². The lowest BCUT2D eigenvalue weighted by Gasteiger charge is -2.28. The maximum Gasteiger partial charge on any atom is 0.121 e. The average Bonchev–Trinajstić information content (AvgIpc) is 3.42. The highest BCUT2D eigenvalue weighted by Crippen LogP contribution is 2.52. The van der Waals surface area contributed by atoms with Crippen molar-refractivity contribution < 1.29 is 4.74 Å². The van der Waals surface area contributed by atoms with Crippen LogP contribution in [0.3, 0.4) is 0 Å². The van der Waals surface area contributed by atoms with E-state index in [-0.39, 0.29) is 0 Å². The second-order valence-corrected chi connectivity index (χ2v) is 15.0. The van der Waals surface area contributed by atoms with Crippen molar-refractivity contribution in [1.29, 1.82) is 0 Å². The Morgan fingerprint density at radius 1 is 0.356 bits per heavy atom. The number of ether oxygens (including phenoxy) is 1. The second-order valence-electron chi connectivity index (χ2n) is 15.0. The SMILES string of the molecule is COc1cc(C)cc(N2c3ccccc3-c3ccccc3-c3cc(-c4ccc(N(c5ccc(-c6ccccc6)cc5)c5ccc(-c6ccccc6)cc5)cc4)ccc32)c1. The van der Waals surface area contributed by atoms with E-state index in [2.05, 4.69) is 235 Å². The quantitative estimate of drug-likeness (QED) is 0.153. The third-order valence-corrected chi connectivity index (χ3v) is 11.3. The normalized spacial score (nSPS) is 11.5. The van der Waals surface area contributed by atoms with Crippen molar-refractivity contribution in [3.05, 3.63) is 224 Å². The zero-order valence-corrected chi connectivity index (χ0v) is 33.1. The zero-order chi connectivity index (χ0) is 39.7. The van der Waals surface area contributed by atoms with Gasteiger partial charge in [-0.05, 0) is 124 Å². The van der Waals surface area contributed by atoms with Gasteiger partial charge in [-0.1, -0.05) is 146 Å². The molecule has 0 bridgehead atoms. The molecule has 0 aromatic heterocycles. The van der Waals surface area contributed by atoms with Crippen LogP contribution in [0.2, 0.25) is 0 Å². The Hall–Kier alpha value is -7.62. The number of methoxy groups -OCH3 is 1. The van der Waals surface area contributed by atoms with E-state index in [1.54, 1.807) is 7.11 Å². The molecule has 0 saturated heterocycles. The molecule has 3 heteroatoms. The van der Waals surface area contributed by atoms with Crippen LogP contribution in [0.25, 0.3) is 55.6 Å². The summed E-state index contributed by atoms with van der Waals surface area (Å²) in [5.74, 6) is 0.839. The fourth-order valence-electron chi connectivity index (χ4n) is 8.48. The molecule has 0 saturated carbocycles. The van der Waals surface area contributed by atoms with Crippen LogP contribution in [-0.4, -0.2) is 7.11 Å². The number of anilines is 6. The van der Waals surface area contributed by atoms with Crippen molar-refractivity contribution in [2.24, 2.45) is 0 Å². The fraction of sp³-hybridized carbons (Fsp3) is 0.0357. The molecule has 1 aliphatic rings. The van der Waals surface area contributed by atoms with Gasteiger partial charge in [0.25, 0.3) is 0 Å². The molecule has 9 aromatic rings. The summed E-state index contributed by atoms with van der Waals surface area (Å²) in [6, 6.07) is 78.7. The summed E-state index contributed by atoms with van der Waals surface area (Å²) in [7, 11) is 1.73. The lowest BCUT2D eigenvalue weighted by molar-refractivity contribution is 0.414. The van der Waals surface area contributed by atoms with Crippen molar-refractivity contribution >= 4 is 34.1 Å². The fourth-order valence-corrected chi connectivity index (χ4v) is 8.48. The minimum atomic E-state index is 0.839. The van der Waals surface area contributed by atoms with Crippen LogP contribution in [0, 0.1) is 6.92 Å². The van der Waals surface area contributed by atoms with Crippen LogP contribution in [-0.2, 0) is 0 Å². The molecule has 0 amide bonds. The van der Waals surface area contributed by atoms with Gasteiger partial charge in [0.15, 0.2) is 0 Å². The molecule has 0 atom stereocenters. The average molecular weight is 759 g/mol. The molecular formula is C56H42N2O. The van der Waals surface area contributed by atoms with Crippen LogP contribution >= 0.6 is 0 Å². The Balaban J connectivity index is 1.06. The monoisotopic (exact) mass is 758 g/mol.